The molecule has 0 aromatic carbocycles. The van der Waals surface area contributed by atoms with Gasteiger partial charge in [0.05, 0.1) is 6.10 Å². The fourth-order valence-corrected chi connectivity index (χ4v) is 3.67. The van der Waals surface area contributed by atoms with Gasteiger partial charge in [-0.05, 0) is 77.0 Å². The van der Waals surface area contributed by atoms with Crippen molar-refractivity contribution < 1.29 is 4.74 Å². The van der Waals surface area contributed by atoms with Crippen molar-refractivity contribution >= 4 is 0 Å². The zero-order chi connectivity index (χ0) is 13.5. The van der Waals surface area contributed by atoms with Crippen molar-refractivity contribution in [1.29, 1.82) is 0 Å². The second kappa shape index (κ2) is 8.23. The third kappa shape index (κ3) is 4.73. The predicted octanol–water partition coefficient (Wildman–Crippen LogP) is 2.66. The van der Waals surface area contributed by atoms with Gasteiger partial charge in [-0.3, -0.25) is 0 Å². The molecule has 112 valence electrons. The van der Waals surface area contributed by atoms with E-state index in [0.29, 0.717) is 6.10 Å². The van der Waals surface area contributed by atoms with Crippen LogP contribution in [0, 0.1) is 5.92 Å². The zero-order valence-corrected chi connectivity index (χ0v) is 12.9. The summed E-state index contributed by atoms with van der Waals surface area (Å²) in [7, 11) is 1.87. The number of ether oxygens (including phenoxy) is 1. The number of hydrogen-bond donors (Lipinski definition) is 1. The number of likely N-dealkylation sites (tertiary alicyclic amines) is 1. The molecule has 19 heavy (non-hydrogen) atoms. The van der Waals surface area contributed by atoms with Crippen molar-refractivity contribution in [3.05, 3.63) is 0 Å². The van der Waals surface area contributed by atoms with Crippen LogP contribution in [0.1, 0.15) is 51.9 Å². The van der Waals surface area contributed by atoms with Gasteiger partial charge < -0.3 is 15.0 Å². The Morgan fingerprint density at radius 3 is 2.63 bits per heavy atom. The Labute approximate surface area is 119 Å². The highest BCUT2D eigenvalue weighted by Gasteiger charge is 2.29. The molecule has 1 saturated heterocycles. The molecular weight excluding hydrogens is 236 g/mol. The summed E-state index contributed by atoms with van der Waals surface area (Å²) in [5.74, 6) is 0.907. The van der Waals surface area contributed by atoms with Gasteiger partial charge in [-0.2, -0.15) is 0 Å². The Balaban J connectivity index is 1.67. The second-order valence-corrected chi connectivity index (χ2v) is 6.36. The number of hydrogen-bond acceptors (Lipinski definition) is 3. The van der Waals surface area contributed by atoms with Crippen LogP contribution in [-0.2, 0) is 4.74 Å². The molecule has 1 aliphatic carbocycles. The number of nitrogens with zero attached hydrogens (tertiary/aromatic N) is 1. The topological polar surface area (TPSA) is 24.5 Å². The van der Waals surface area contributed by atoms with Crippen LogP contribution in [0.25, 0.3) is 0 Å². The number of piperidine rings is 1. The lowest BCUT2D eigenvalue weighted by Crippen LogP contribution is -2.46. The number of rotatable bonds is 6. The molecule has 0 radical (unpaired) electrons. The Kier molecular flexibility index (Phi) is 6.62. The molecule has 2 rings (SSSR count). The second-order valence-electron chi connectivity index (χ2n) is 6.36. The molecule has 3 heteroatoms. The first-order valence-corrected chi connectivity index (χ1v) is 8.31. The average Bonchev–Trinajstić information content (AvgIpc) is 2.48. The van der Waals surface area contributed by atoms with Gasteiger partial charge in [-0.15, -0.1) is 0 Å². The van der Waals surface area contributed by atoms with E-state index in [9.17, 15) is 0 Å². The summed E-state index contributed by atoms with van der Waals surface area (Å²) < 4.78 is 5.56. The highest BCUT2D eigenvalue weighted by atomic mass is 16.5. The van der Waals surface area contributed by atoms with Gasteiger partial charge in [0.25, 0.3) is 0 Å². The maximum atomic E-state index is 5.56. The van der Waals surface area contributed by atoms with Crippen molar-refractivity contribution in [2.24, 2.45) is 5.92 Å². The monoisotopic (exact) mass is 268 g/mol. The first kappa shape index (κ1) is 15.3. The quantitative estimate of drug-likeness (QED) is 0.750. The molecule has 2 atom stereocenters. The normalized spacial score (nSPS) is 30.6. The van der Waals surface area contributed by atoms with E-state index in [-0.39, 0.29) is 0 Å². The molecule has 2 aliphatic rings. The summed E-state index contributed by atoms with van der Waals surface area (Å²) in [6, 6.07) is 0.795. The van der Waals surface area contributed by atoms with Gasteiger partial charge in [0.2, 0.25) is 0 Å². The third-order valence-electron chi connectivity index (χ3n) is 4.96. The molecule has 2 unspecified atom stereocenters. The van der Waals surface area contributed by atoms with Crippen molar-refractivity contribution in [3.8, 4) is 0 Å². The standard InChI is InChI=1S/C16H32N2O/c1-3-9-17-13-14-7-10-18(11-8-14)15-5-4-6-16(12-15)19-2/h14-17H,3-13H2,1-2H3. The fraction of sp³-hybridized carbons (Fsp3) is 1.00. The van der Waals surface area contributed by atoms with Crippen LogP contribution in [0.2, 0.25) is 0 Å². The van der Waals surface area contributed by atoms with Gasteiger partial charge in [-0.25, -0.2) is 0 Å². The minimum atomic E-state index is 0.516. The lowest BCUT2D eigenvalue weighted by atomic mass is 9.88. The molecule has 1 saturated carbocycles. The van der Waals surface area contributed by atoms with Gasteiger partial charge >= 0.3 is 0 Å². The van der Waals surface area contributed by atoms with Crippen LogP contribution < -0.4 is 5.32 Å². The third-order valence-corrected chi connectivity index (χ3v) is 4.96. The lowest BCUT2D eigenvalue weighted by molar-refractivity contribution is 0.0177. The molecule has 0 aromatic rings. The smallest absolute Gasteiger partial charge is 0.0586 e. The largest absolute Gasteiger partial charge is 0.381 e. The van der Waals surface area contributed by atoms with E-state index in [0.717, 1.165) is 12.0 Å². The lowest BCUT2D eigenvalue weighted by Gasteiger charge is -2.41. The van der Waals surface area contributed by atoms with E-state index >= 15 is 0 Å². The highest BCUT2D eigenvalue weighted by Crippen LogP contribution is 2.28. The molecular formula is C16H32N2O. The predicted molar refractivity (Wildman–Crippen MR) is 80.5 cm³/mol. The maximum Gasteiger partial charge on any atom is 0.0586 e. The summed E-state index contributed by atoms with van der Waals surface area (Å²) in [6.07, 6.45) is 9.79. The molecule has 3 nitrogen and oxygen atoms in total. The van der Waals surface area contributed by atoms with Gasteiger partial charge in [0.1, 0.15) is 0 Å². The van der Waals surface area contributed by atoms with E-state index in [1.807, 2.05) is 7.11 Å². The molecule has 0 aromatic heterocycles. The number of methoxy groups -OCH3 is 1. The SMILES string of the molecule is CCCNCC1CCN(C2CCCC(OC)C2)CC1. The van der Waals surface area contributed by atoms with Gasteiger partial charge in [-0.1, -0.05) is 6.92 Å². The Hall–Kier alpha value is -0.120. The van der Waals surface area contributed by atoms with Crippen LogP contribution in [-0.4, -0.2) is 50.3 Å². The Morgan fingerprint density at radius 2 is 1.95 bits per heavy atom. The summed E-state index contributed by atoms with van der Waals surface area (Å²) in [5, 5.41) is 3.58. The number of nitrogens with one attached hydrogen (secondary N) is 1. The summed E-state index contributed by atoms with van der Waals surface area (Å²) >= 11 is 0. The van der Waals surface area contributed by atoms with Crippen molar-refractivity contribution in [2.75, 3.05) is 33.3 Å². The van der Waals surface area contributed by atoms with Crippen LogP contribution in [0.4, 0.5) is 0 Å². The van der Waals surface area contributed by atoms with Gasteiger partial charge in [0.15, 0.2) is 0 Å². The maximum absolute atomic E-state index is 5.56. The van der Waals surface area contributed by atoms with Crippen molar-refractivity contribution in [1.82, 2.24) is 10.2 Å². The minimum absolute atomic E-state index is 0.516. The summed E-state index contributed by atoms with van der Waals surface area (Å²) in [4.78, 5) is 2.74. The Morgan fingerprint density at radius 1 is 1.16 bits per heavy atom. The molecule has 1 heterocycles. The van der Waals surface area contributed by atoms with Crippen LogP contribution in [0.15, 0.2) is 0 Å². The van der Waals surface area contributed by atoms with Crippen LogP contribution >= 0.6 is 0 Å². The van der Waals surface area contributed by atoms with Crippen molar-refractivity contribution in [2.45, 2.75) is 64.0 Å². The van der Waals surface area contributed by atoms with E-state index < -0.39 is 0 Å². The van der Waals surface area contributed by atoms with Crippen LogP contribution in [0.3, 0.4) is 0 Å². The molecule has 1 N–H and O–H groups in total. The molecule has 0 spiro atoms. The summed E-state index contributed by atoms with van der Waals surface area (Å²) in [5.41, 5.74) is 0. The first-order chi connectivity index (χ1) is 9.33. The van der Waals surface area contributed by atoms with Crippen LogP contribution in [0.5, 0.6) is 0 Å². The highest BCUT2D eigenvalue weighted by molar-refractivity contribution is 4.84. The first-order valence-electron chi connectivity index (χ1n) is 8.31. The average molecular weight is 268 g/mol. The van der Waals surface area contributed by atoms with E-state index in [1.165, 1.54) is 71.1 Å². The summed E-state index contributed by atoms with van der Waals surface area (Å²) in [6.45, 7) is 7.26. The minimum Gasteiger partial charge on any atom is -0.381 e. The van der Waals surface area contributed by atoms with Crippen molar-refractivity contribution in [3.63, 3.8) is 0 Å². The fourth-order valence-electron chi connectivity index (χ4n) is 3.67. The van der Waals surface area contributed by atoms with E-state index in [1.54, 1.807) is 0 Å². The van der Waals surface area contributed by atoms with E-state index in [4.69, 9.17) is 4.74 Å². The molecule has 1 aliphatic heterocycles. The zero-order valence-electron chi connectivity index (χ0n) is 12.9. The Bertz CT molecular complexity index is 239. The van der Waals surface area contributed by atoms with E-state index in [2.05, 4.69) is 17.1 Å². The molecule has 0 bridgehead atoms. The molecule has 0 amide bonds. The molecule has 2 fully saturated rings. The van der Waals surface area contributed by atoms with Gasteiger partial charge in [0, 0.05) is 13.2 Å².